The highest BCUT2D eigenvalue weighted by Crippen LogP contribution is 2.59. The molecule has 3 aliphatic carbocycles. The van der Waals surface area contributed by atoms with Crippen LogP contribution in [0.5, 0.6) is 0 Å². The molecule has 0 radical (unpaired) electrons. The maximum atomic E-state index is 13.5. The van der Waals surface area contributed by atoms with Crippen molar-refractivity contribution in [1.82, 2.24) is 14.7 Å². The van der Waals surface area contributed by atoms with Gasteiger partial charge in [0.25, 0.3) is 0 Å². The van der Waals surface area contributed by atoms with Crippen molar-refractivity contribution in [2.45, 2.75) is 73.6 Å². The molecule has 2 bridgehead atoms. The van der Waals surface area contributed by atoms with Gasteiger partial charge in [0.1, 0.15) is 0 Å². The minimum absolute atomic E-state index is 0.220. The van der Waals surface area contributed by atoms with E-state index in [4.69, 9.17) is 0 Å². The zero-order chi connectivity index (χ0) is 27.5. The lowest BCUT2D eigenvalue weighted by atomic mass is 9.49. The van der Waals surface area contributed by atoms with E-state index >= 15 is 0 Å². The molecule has 210 valence electrons. The van der Waals surface area contributed by atoms with Gasteiger partial charge in [-0.2, -0.15) is 0 Å². The summed E-state index contributed by atoms with van der Waals surface area (Å²) in [6, 6.07) is 10.1. The third-order valence-electron chi connectivity index (χ3n) is 9.40. The number of benzene rings is 1. The van der Waals surface area contributed by atoms with Gasteiger partial charge in [0.2, 0.25) is 11.8 Å². The Balaban J connectivity index is 1.30. The first kappa shape index (κ1) is 28.9. The van der Waals surface area contributed by atoms with Gasteiger partial charge in [-0.3, -0.25) is 14.5 Å². The number of hydrogen-bond acceptors (Lipinski definition) is 3. The fourth-order valence-electron chi connectivity index (χ4n) is 7.08. The monoisotopic (exact) mass is 521 g/mol. The highest BCUT2D eigenvalue weighted by molar-refractivity contribution is 5.79. The van der Waals surface area contributed by atoms with Crippen molar-refractivity contribution in [2.24, 2.45) is 28.6 Å². The zero-order valence-electron chi connectivity index (χ0n) is 24.8. The first-order chi connectivity index (χ1) is 17.9. The quantitative estimate of drug-likeness (QED) is 0.373. The molecule has 5 heteroatoms. The molecule has 1 aromatic carbocycles. The van der Waals surface area contributed by atoms with Crippen LogP contribution in [0.1, 0.15) is 72.8 Å². The fourth-order valence-corrected chi connectivity index (χ4v) is 7.08. The summed E-state index contributed by atoms with van der Waals surface area (Å²) in [5.41, 5.74) is 3.17. The van der Waals surface area contributed by atoms with Crippen LogP contribution in [0.4, 0.5) is 0 Å². The molecule has 5 nitrogen and oxygen atoms in total. The molecule has 1 heterocycles. The van der Waals surface area contributed by atoms with Crippen LogP contribution in [0.3, 0.4) is 0 Å². The van der Waals surface area contributed by atoms with Crippen LogP contribution in [-0.2, 0) is 16.0 Å². The topological polar surface area (TPSA) is 43.9 Å². The van der Waals surface area contributed by atoms with Crippen molar-refractivity contribution >= 4 is 11.8 Å². The first-order valence-electron chi connectivity index (χ1n) is 14.9. The van der Waals surface area contributed by atoms with Crippen molar-refractivity contribution < 1.29 is 9.59 Å². The van der Waals surface area contributed by atoms with Crippen molar-refractivity contribution in [1.29, 1.82) is 0 Å². The molecule has 3 unspecified atom stereocenters. The first-order valence-corrected chi connectivity index (χ1v) is 14.9. The van der Waals surface area contributed by atoms with Gasteiger partial charge in [0.15, 0.2) is 0 Å². The summed E-state index contributed by atoms with van der Waals surface area (Å²) < 4.78 is 0. The Morgan fingerprint density at radius 3 is 2.37 bits per heavy atom. The maximum Gasteiger partial charge on any atom is 0.227 e. The number of carbonyl (C=O) groups excluding carboxylic acids is 2. The second-order valence-electron chi connectivity index (χ2n) is 14.1. The van der Waals surface area contributed by atoms with Gasteiger partial charge < -0.3 is 9.80 Å². The minimum Gasteiger partial charge on any atom is -0.340 e. The number of allylic oxidation sites excluding steroid dienone is 1. The highest BCUT2D eigenvalue weighted by Gasteiger charge is 2.51. The van der Waals surface area contributed by atoms with E-state index in [-0.39, 0.29) is 11.3 Å². The lowest BCUT2D eigenvalue weighted by Crippen LogP contribution is -2.52. The molecule has 0 aromatic heterocycles. The second kappa shape index (κ2) is 11.9. The third kappa shape index (κ3) is 7.28. The molecule has 5 rings (SSSR count). The number of rotatable bonds is 10. The summed E-state index contributed by atoms with van der Waals surface area (Å²) in [6.07, 6.45) is 7.04. The van der Waals surface area contributed by atoms with E-state index in [1.54, 1.807) is 0 Å². The van der Waals surface area contributed by atoms with Gasteiger partial charge in [0, 0.05) is 52.2 Å². The Kier molecular flexibility index (Phi) is 9.07. The summed E-state index contributed by atoms with van der Waals surface area (Å²) >= 11 is 0. The molecule has 1 aromatic rings. The minimum atomic E-state index is 0.220. The van der Waals surface area contributed by atoms with E-state index in [0.717, 1.165) is 70.1 Å². The average Bonchev–Trinajstić information content (AvgIpc) is 2.86. The van der Waals surface area contributed by atoms with Gasteiger partial charge >= 0.3 is 0 Å². The fraction of sp³-hybridized carbons (Fsp3) is 0.697. The van der Waals surface area contributed by atoms with E-state index in [0.29, 0.717) is 36.0 Å². The normalized spacial score (nSPS) is 23.8. The van der Waals surface area contributed by atoms with E-state index in [1.807, 2.05) is 30.3 Å². The van der Waals surface area contributed by atoms with Crippen molar-refractivity contribution in [3.8, 4) is 0 Å². The van der Waals surface area contributed by atoms with Crippen LogP contribution >= 0.6 is 0 Å². The van der Waals surface area contributed by atoms with Crippen LogP contribution in [0.2, 0.25) is 0 Å². The number of hydrogen-bond donors (Lipinski definition) is 0. The zero-order valence-corrected chi connectivity index (χ0v) is 24.8. The molecular formula is C33H51N3O2. The highest BCUT2D eigenvalue weighted by atomic mass is 16.2. The molecule has 1 aliphatic heterocycles. The Hall–Kier alpha value is -2.14. The summed E-state index contributed by atoms with van der Waals surface area (Å²) in [4.78, 5) is 33.0. The van der Waals surface area contributed by atoms with Crippen LogP contribution in [-0.4, -0.2) is 72.3 Å². The van der Waals surface area contributed by atoms with E-state index in [2.05, 4.69) is 62.3 Å². The molecule has 2 fully saturated rings. The van der Waals surface area contributed by atoms with Crippen molar-refractivity contribution in [3.63, 3.8) is 0 Å². The lowest BCUT2D eigenvalue weighted by Gasteiger charge is -2.57. The molecule has 38 heavy (non-hydrogen) atoms. The number of nitrogens with zero attached hydrogens (tertiary/aromatic N) is 3. The Morgan fingerprint density at radius 1 is 1.08 bits per heavy atom. The number of carbonyl (C=O) groups is 2. The average molecular weight is 522 g/mol. The van der Waals surface area contributed by atoms with Crippen molar-refractivity contribution in [2.75, 3.05) is 45.8 Å². The van der Waals surface area contributed by atoms with Gasteiger partial charge in [0.05, 0.1) is 6.42 Å². The summed E-state index contributed by atoms with van der Waals surface area (Å²) in [5, 5.41) is 0. The number of fused-ring (bicyclic) bond motifs is 1. The lowest BCUT2D eigenvalue weighted by molar-refractivity contribution is -0.134. The van der Waals surface area contributed by atoms with E-state index in [9.17, 15) is 9.59 Å². The Bertz CT molecular complexity index is 985. The Labute approximate surface area is 231 Å². The van der Waals surface area contributed by atoms with Gasteiger partial charge in [-0.25, -0.2) is 0 Å². The van der Waals surface area contributed by atoms with Gasteiger partial charge in [-0.1, -0.05) is 83.5 Å². The van der Waals surface area contributed by atoms with Gasteiger partial charge in [-0.05, 0) is 53.4 Å². The standard InChI is InChI=1S/C33H51N3O2/c1-25(23-32(2,3)4)20-30(37)35-17-14-34(15-18-35)16-19-36(31(38)21-26-10-8-7-9-11-26)24-27-12-13-28-22-29(27)33(28,5)6/h7-12,25,28-29H,13-24H2,1-6H3. The molecule has 3 atom stereocenters. The largest absolute Gasteiger partial charge is 0.340 e. The predicted molar refractivity (Wildman–Crippen MR) is 156 cm³/mol. The van der Waals surface area contributed by atoms with Crippen molar-refractivity contribution in [3.05, 3.63) is 47.5 Å². The van der Waals surface area contributed by atoms with Crippen LogP contribution in [0, 0.1) is 28.6 Å². The summed E-state index contributed by atoms with van der Waals surface area (Å²) in [6.45, 7) is 19.5. The van der Waals surface area contributed by atoms with Gasteiger partial charge in [-0.15, -0.1) is 0 Å². The third-order valence-corrected chi connectivity index (χ3v) is 9.40. The Morgan fingerprint density at radius 2 is 1.76 bits per heavy atom. The number of piperazine rings is 1. The molecule has 1 saturated heterocycles. The molecular weight excluding hydrogens is 470 g/mol. The van der Waals surface area contributed by atoms with E-state index < -0.39 is 0 Å². The molecule has 0 N–H and O–H groups in total. The number of amides is 2. The predicted octanol–water partition coefficient (Wildman–Crippen LogP) is 5.66. The van der Waals surface area contributed by atoms with Crippen LogP contribution in [0.25, 0.3) is 0 Å². The van der Waals surface area contributed by atoms with Crippen LogP contribution < -0.4 is 0 Å². The molecule has 0 spiro atoms. The summed E-state index contributed by atoms with van der Waals surface area (Å²) in [7, 11) is 0. The SMILES string of the molecule is CC(CC(=O)N1CCN(CCN(CC2=CCC3CC2C3(C)C)C(=O)Cc2ccccc2)CC1)CC(C)(C)C. The maximum absolute atomic E-state index is 13.5. The van der Waals surface area contributed by atoms with Crippen LogP contribution in [0.15, 0.2) is 42.0 Å². The second-order valence-corrected chi connectivity index (χ2v) is 14.1. The molecule has 2 amide bonds. The smallest absolute Gasteiger partial charge is 0.227 e. The molecule has 1 saturated carbocycles. The van der Waals surface area contributed by atoms with E-state index in [1.165, 1.54) is 12.0 Å². The summed E-state index contributed by atoms with van der Waals surface area (Å²) in [5.74, 6) is 2.35. The molecule has 4 aliphatic rings.